The van der Waals surface area contributed by atoms with Crippen LogP contribution in [0.15, 0.2) is 59.0 Å². The van der Waals surface area contributed by atoms with Crippen molar-refractivity contribution in [2.24, 2.45) is 0 Å². The molecular weight excluding hydrogens is 352 g/mol. The molecule has 0 spiro atoms. The van der Waals surface area contributed by atoms with E-state index < -0.39 is 0 Å². The highest BCUT2D eigenvalue weighted by Crippen LogP contribution is 2.24. The minimum absolute atomic E-state index is 0.100. The third-order valence-electron chi connectivity index (χ3n) is 4.51. The zero-order chi connectivity index (χ0) is 19.5. The van der Waals surface area contributed by atoms with Gasteiger partial charge in [0, 0.05) is 24.7 Å². The first-order chi connectivity index (χ1) is 13.7. The van der Waals surface area contributed by atoms with Crippen LogP contribution in [0, 0.1) is 11.3 Å². The number of allylic oxidation sites excluding steroid dienone is 1. The summed E-state index contributed by atoms with van der Waals surface area (Å²) < 4.78 is 5.69. The van der Waals surface area contributed by atoms with Gasteiger partial charge in [-0.2, -0.15) is 5.26 Å². The third kappa shape index (κ3) is 3.43. The molecule has 28 heavy (non-hydrogen) atoms. The summed E-state index contributed by atoms with van der Waals surface area (Å²) in [6, 6.07) is 19.3. The Bertz CT molecular complexity index is 1190. The topological polar surface area (TPSA) is 86.2 Å². The normalized spacial score (nSPS) is 11.7. The van der Waals surface area contributed by atoms with Gasteiger partial charge in [0.25, 0.3) is 0 Å². The SMILES string of the molecule is CN(CCO)c1ccc2nc(/C=C(\C#N)c3nc4ccccc4o3)ccc2c1. The predicted octanol–water partition coefficient (Wildman–Crippen LogP) is 3.87. The Balaban J connectivity index is 1.69. The lowest BCUT2D eigenvalue weighted by Crippen LogP contribution is -2.20. The minimum Gasteiger partial charge on any atom is -0.435 e. The van der Waals surface area contributed by atoms with Crippen molar-refractivity contribution in [2.75, 3.05) is 25.1 Å². The Morgan fingerprint density at radius 2 is 2.00 bits per heavy atom. The number of aromatic nitrogens is 2. The average Bonchev–Trinajstić information content (AvgIpc) is 3.15. The largest absolute Gasteiger partial charge is 0.435 e. The number of oxazole rings is 1. The van der Waals surface area contributed by atoms with Crippen molar-refractivity contribution in [3.05, 3.63) is 66.2 Å². The van der Waals surface area contributed by atoms with Crippen LogP contribution < -0.4 is 4.90 Å². The van der Waals surface area contributed by atoms with E-state index in [1.165, 1.54) is 0 Å². The molecule has 0 aliphatic rings. The maximum absolute atomic E-state index is 9.56. The minimum atomic E-state index is 0.100. The van der Waals surface area contributed by atoms with E-state index in [1.807, 2.05) is 66.5 Å². The lowest BCUT2D eigenvalue weighted by Gasteiger charge is -2.18. The second-order valence-corrected chi connectivity index (χ2v) is 6.41. The van der Waals surface area contributed by atoms with Gasteiger partial charge >= 0.3 is 0 Å². The van der Waals surface area contributed by atoms with Gasteiger partial charge in [0.1, 0.15) is 17.2 Å². The number of pyridine rings is 1. The van der Waals surface area contributed by atoms with Gasteiger partial charge in [-0.05, 0) is 42.5 Å². The van der Waals surface area contributed by atoms with Crippen LogP contribution in [0.25, 0.3) is 33.7 Å². The van der Waals surface area contributed by atoms with Crippen molar-refractivity contribution in [3.63, 3.8) is 0 Å². The van der Waals surface area contributed by atoms with Crippen LogP contribution in [0.1, 0.15) is 11.6 Å². The van der Waals surface area contributed by atoms with E-state index in [-0.39, 0.29) is 12.5 Å². The maximum atomic E-state index is 9.56. The van der Waals surface area contributed by atoms with Crippen LogP contribution in [0.4, 0.5) is 5.69 Å². The first kappa shape index (κ1) is 17.7. The van der Waals surface area contributed by atoms with E-state index in [0.29, 0.717) is 28.9 Å². The molecule has 0 aliphatic heterocycles. The van der Waals surface area contributed by atoms with Crippen molar-refractivity contribution < 1.29 is 9.52 Å². The van der Waals surface area contributed by atoms with Crippen molar-refractivity contribution in [3.8, 4) is 6.07 Å². The number of aliphatic hydroxyl groups is 1. The van der Waals surface area contributed by atoms with Crippen LogP contribution in [0.5, 0.6) is 0 Å². The molecule has 138 valence electrons. The highest BCUT2D eigenvalue weighted by Gasteiger charge is 2.11. The van der Waals surface area contributed by atoms with Gasteiger partial charge in [0.05, 0.1) is 17.8 Å². The Kier molecular flexibility index (Phi) is 4.75. The van der Waals surface area contributed by atoms with Gasteiger partial charge in [-0.25, -0.2) is 9.97 Å². The van der Waals surface area contributed by atoms with Gasteiger partial charge < -0.3 is 14.4 Å². The fraction of sp³-hybridized carbons (Fsp3) is 0.136. The van der Waals surface area contributed by atoms with Crippen LogP contribution in [0.3, 0.4) is 0 Å². The van der Waals surface area contributed by atoms with Crippen LogP contribution in [0.2, 0.25) is 0 Å². The van der Waals surface area contributed by atoms with E-state index in [4.69, 9.17) is 9.52 Å². The summed E-state index contributed by atoms with van der Waals surface area (Å²) in [6.07, 6.45) is 1.68. The number of nitriles is 1. The highest BCUT2D eigenvalue weighted by molar-refractivity contribution is 5.90. The lowest BCUT2D eigenvalue weighted by molar-refractivity contribution is 0.304. The number of nitrogens with zero attached hydrogens (tertiary/aromatic N) is 4. The van der Waals surface area contributed by atoms with E-state index in [9.17, 15) is 5.26 Å². The van der Waals surface area contributed by atoms with Crippen LogP contribution >= 0.6 is 0 Å². The van der Waals surface area contributed by atoms with Crippen molar-refractivity contribution in [1.29, 1.82) is 5.26 Å². The number of hydrogen-bond acceptors (Lipinski definition) is 6. The van der Waals surface area contributed by atoms with Gasteiger partial charge in [-0.1, -0.05) is 18.2 Å². The fourth-order valence-electron chi connectivity index (χ4n) is 3.00. The summed E-state index contributed by atoms with van der Waals surface area (Å²) in [5.41, 5.74) is 4.17. The second-order valence-electron chi connectivity index (χ2n) is 6.41. The number of rotatable bonds is 5. The molecule has 0 atom stereocenters. The van der Waals surface area contributed by atoms with Crippen molar-refractivity contribution in [2.45, 2.75) is 0 Å². The first-order valence-corrected chi connectivity index (χ1v) is 8.88. The molecule has 0 saturated heterocycles. The van der Waals surface area contributed by atoms with Crippen molar-refractivity contribution >= 4 is 39.3 Å². The van der Waals surface area contributed by atoms with Crippen LogP contribution in [-0.2, 0) is 0 Å². The number of likely N-dealkylation sites (N-methyl/N-ethyl adjacent to an activating group) is 1. The van der Waals surface area contributed by atoms with E-state index in [1.54, 1.807) is 6.08 Å². The molecule has 2 aromatic heterocycles. The molecule has 4 rings (SSSR count). The van der Waals surface area contributed by atoms with Gasteiger partial charge in [-0.3, -0.25) is 0 Å². The number of fused-ring (bicyclic) bond motifs is 2. The molecule has 0 aliphatic carbocycles. The molecule has 2 aromatic carbocycles. The number of para-hydroxylation sites is 2. The van der Waals surface area contributed by atoms with E-state index in [0.717, 1.165) is 16.6 Å². The summed E-state index contributed by atoms with van der Waals surface area (Å²) in [6.45, 7) is 0.666. The fourth-order valence-corrected chi connectivity index (χ4v) is 3.00. The highest BCUT2D eigenvalue weighted by atomic mass is 16.3. The number of anilines is 1. The van der Waals surface area contributed by atoms with Crippen molar-refractivity contribution in [1.82, 2.24) is 9.97 Å². The molecule has 0 amide bonds. The maximum Gasteiger partial charge on any atom is 0.238 e. The Labute approximate surface area is 162 Å². The molecule has 0 unspecified atom stereocenters. The summed E-state index contributed by atoms with van der Waals surface area (Å²) in [4.78, 5) is 11.0. The zero-order valence-electron chi connectivity index (χ0n) is 15.3. The first-order valence-electron chi connectivity index (χ1n) is 8.88. The molecule has 2 heterocycles. The molecule has 1 N–H and O–H groups in total. The van der Waals surface area contributed by atoms with Gasteiger partial charge in [-0.15, -0.1) is 0 Å². The molecule has 6 nitrogen and oxygen atoms in total. The molecular formula is C22H18N4O2. The predicted molar refractivity (Wildman–Crippen MR) is 110 cm³/mol. The molecule has 4 aromatic rings. The summed E-state index contributed by atoms with van der Waals surface area (Å²) in [5.74, 6) is 0.284. The Morgan fingerprint density at radius 3 is 2.79 bits per heavy atom. The lowest BCUT2D eigenvalue weighted by atomic mass is 10.1. The number of hydrogen-bond donors (Lipinski definition) is 1. The quantitative estimate of drug-likeness (QED) is 0.537. The van der Waals surface area contributed by atoms with Crippen LogP contribution in [-0.4, -0.2) is 35.3 Å². The van der Waals surface area contributed by atoms with E-state index in [2.05, 4.69) is 16.0 Å². The average molecular weight is 370 g/mol. The Hall–Kier alpha value is -3.69. The second kappa shape index (κ2) is 7.51. The third-order valence-corrected chi connectivity index (χ3v) is 4.51. The van der Waals surface area contributed by atoms with Gasteiger partial charge in [0.15, 0.2) is 5.58 Å². The molecule has 0 radical (unpaired) electrons. The molecule has 0 fully saturated rings. The molecule has 0 saturated carbocycles. The van der Waals surface area contributed by atoms with Gasteiger partial charge in [0.2, 0.25) is 5.89 Å². The zero-order valence-corrected chi connectivity index (χ0v) is 15.3. The smallest absolute Gasteiger partial charge is 0.238 e. The number of aliphatic hydroxyl groups excluding tert-OH is 1. The summed E-state index contributed by atoms with van der Waals surface area (Å²) >= 11 is 0. The standard InChI is InChI=1S/C22H18N4O2/c1-26(10-11-27)18-8-9-19-15(13-18)6-7-17(24-19)12-16(14-23)22-25-20-4-2-3-5-21(20)28-22/h2-9,12-13,27H,10-11H2,1H3/b16-12+. The Morgan fingerprint density at radius 1 is 1.14 bits per heavy atom. The monoisotopic (exact) mass is 370 g/mol. The molecule has 0 bridgehead atoms. The molecule has 6 heteroatoms. The van der Waals surface area contributed by atoms with E-state index >= 15 is 0 Å². The number of benzene rings is 2. The summed E-state index contributed by atoms with van der Waals surface area (Å²) in [5, 5.41) is 19.6. The summed E-state index contributed by atoms with van der Waals surface area (Å²) in [7, 11) is 1.93.